The van der Waals surface area contributed by atoms with Crippen molar-refractivity contribution in [2.24, 2.45) is 0 Å². The van der Waals surface area contributed by atoms with Gasteiger partial charge in [0.2, 0.25) is 0 Å². The molecular formula is C19H20N2O4S. The van der Waals surface area contributed by atoms with Crippen LogP contribution in [0.15, 0.2) is 53.4 Å². The van der Waals surface area contributed by atoms with Gasteiger partial charge in [0, 0.05) is 18.1 Å². The molecule has 0 fully saturated rings. The molecule has 1 unspecified atom stereocenters. The number of non-ortho nitro benzene ring substituents is 1. The molecule has 26 heavy (non-hydrogen) atoms. The summed E-state index contributed by atoms with van der Waals surface area (Å²) in [7, 11) is -3.84. The van der Waals surface area contributed by atoms with Crippen LogP contribution in [0.25, 0.3) is 0 Å². The minimum absolute atomic E-state index is 0.00285. The normalized spacial score (nSPS) is 16.6. The summed E-state index contributed by atoms with van der Waals surface area (Å²) in [5.41, 5.74) is 3.32. The van der Waals surface area contributed by atoms with Crippen LogP contribution >= 0.6 is 0 Å². The topological polar surface area (TPSA) is 89.3 Å². The first-order chi connectivity index (χ1) is 12.3. The molecule has 0 saturated heterocycles. The Bertz CT molecular complexity index is 979. The van der Waals surface area contributed by atoms with Crippen molar-refractivity contribution in [3.8, 4) is 0 Å². The Labute approximate surface area is 152 Å². The molecule has 0 amide bonds. The summed E-state index contributed by atoms with van der Waals surface area (Å²) in [6, 6.07) is 8.78. The first kappa shape index (κ1) is 18.1. The Morgan fingerprint density at radius 3 is 2.31 bits per heavy atom. The predicted molar refractivity (Wildman–Crippen MR) is 101 cm³/mol. The highest BCUT2D eigenvalue weighted by molar-refractivity contribution is 7.92. The lowest BCUT2D eigenvalue weighted by molar-refractivity contribution is -0.384. The number of rotatable bonds is 5. The van der Waals surface area contributed by atoms with Gasteiger partial charge in [0.05, 0.1) is 15.5 Å². The summed E-state index contributed by atoms with van der Waals surface area (Å²) in [4.78, 5) is 10.2. The number of allylic oxidation sites excluding steroid dienone is 2. The van der Waals surface area contributed by atoms with Crippen molar-refractivity contribution >= 4 is 21.4 Å². The van der Waals surface area contributed by atoms with Crippen LogP contribution in [-0.4, -0.2) is 13.3 Å². The van der Waals surface area contributed by atoms with E-state index >= 15 is 0 Å². The maximum Gasteiger partial charge on any atom is 0.269 e. The average Bonchev–Trinajstić information content (AvgIpc) is 3.12. The highest BCUT2D eigenvalue weighted by atomic mass is 32.2. The van der Waals surface area contributed by atoms with Crippen molar-refractivity contribution in [2.75, 3.05) is 4.72 Å². The Balaban J connectivity index is 2.01. The van der Waals surface area contributed by atoms with Crippen LogP contribution in [0.4, 0.5) is 11.4 Å². The summed E-state index contributed by atoms with van der Waals surface area (Å²) < 4.78 is 28.3. The van der Waals surface area contributed by atoms with Gasteiger partial charge < -0.3 is 0 Å². The number of hydrogen-bond acceptors (Lipinski definition) is 4. The standard InChI is InChI=1S/C19H20N2O4S/c1-13-7-8-14(2)19(18(13)15-5-3-4-6-15)20-26(24,25)17-11-9-16(10-12-17)21(22)23/h3,5,7-12,15,20H,4,6H2,1-2H3. The van der Waals surface area contributed by atoms with Crippen LogP contribution in [-0.2, 0) is 10.0 Å². The van der Waals surface area contributed by atoms with Crippen LogP contribution in [0.1, 0.15) is 35.4 Å². The number of aryl methyl sites for hydroxylation is 2. The summed E-state index contributed by atoms with van der Waals surface area (Å²) in [6.07, 6.45) is 6.16. The largest absolute Gasteiger partial charge is 0.279 e. The van der Waals surface area contributed by atoms with Gasteiger partial charge in [-0.05, 0) is 55.5 Å². The van der Waals surface area contributed by atoms with E-state index in [0.717, 1.165) is 29.5 Å². The SMILES string of the molecule is Cc1ccc(C)c(C2C=CCC2)c1NS(=O)(=O)c1ccc([N+](=O)[O-])cc1. The lowest BCUT2D eigenvalue weighted by Crippen LogP contribution is -2.16. The van der Waals surface area contributed by atoms with Gasteiger partial charge in [-0.15, -0.1) is 0 Å². The second kappa shape index (κ2) is 6.92. The van der Waals surface area contributed by atoms with Crippen molar-refractivity contribution in [1.29, 1.82) is 0 Å². The molecule has 2 aromatic carbocycles. The third-order valence-corrected chi connectivity index (χ3v) is 6.02. The minimum Gasteiger partial charge on any atom is -0.279 e. The summed E-state index contributed by atoms with van der Waals surface area (Å²) >= 11 is 0. The molecule has 1 atom stereocenters. The second-order valence-corrected chi connectivity index (χ2v) is 8.14. The van der Waals surface area contributed by atoms with E-state index in [2.05, 4.69) is 16.9 Å². The Morgan fingerprint density at radius 1 is 1.08 bits per heavy atom. The van der Waals surface area contributed by atoms with E-state index in [1.54, 1.807) is 0 Å². The minimum atomic E-state index is -3.84. The molecule has 0 saturated carbocycles. The molecule has 1 aliphatic carbocycles. The van der Waals surface area contributed by atoms with Gasteiger partial charge in [0.25, 0.3) is 15.7 Å². The average molecular weight is 372 g/mol. The molecular weight excluding hydrogens is 352 g/mol. The van der Waals surface area contributed by atoms with E-state index in [0.29, 0.717) is 5.69 Å². The Morgan fingerprint density at radius 2 is 1.73 bits per heavy atom. The van der Waals surface area contributed by atoms with E-state index in [1.165, 1.54) is 24.3 Å². The molecule has 0 bridgehead atoms. The summed E-state index contributed by atoms with van der Waals surface area (Å²) in [6.45, 7) is 3.85. The zero-order chi connectivity index (χ0) is 18.9. The lowest BCUT2D eigenvalue weighted by atomic mass is 9.91. The number of anilines is 1. The first-order valence-electron chi connectivity index (χ1n) is 8.33. The highest BCUT2D eigenvalue weighted by Crippen LogP contribution is 2.38. The van der Waals surface area contributed by atoms with Crippen molar-refractivity contribution in [3.63, 3.8) is 0 Å². The molecule has 0 heterocycles. The van der Waals surface area contributed by atoms with Crippen molar-refractivity contribution < 1.29 is 13.3 Å². The molecule has 0 aliphatic heterocycles. The van der Waals surface area contributed by atoms with E-state index in [4.69, 9.17) is 0 Å². The van der Waals surface area contributed by atoms with Crippen molar-refractivity contribution in [1.82, 2.24) is 0 Å². The van der Waals surface area contributed by atoms with Crippen molar-refractivity contribution in [3.05, 3.63) is 75.4 Å². The number of nitro groups is 1. The van der Waals surface area contributed by atoms with Gasteiger partial charge in [-0.1, -0.05) is 24.3 Å². The summed E-state index contributed by atoms with van der Waals surface area (Å²) in [5.74, 6) is 0.185. The number of nitrogens with zero attached hydrogens (tertiary/aromatic N) is 1. The summed E-state index contributed by atoms with van der Waals surface area (Å²) in [5, 5.41) is 10.8. The molecule has 136 valence electrons. The maximum absolute atomic E-state index is 12.8. The number of nitro benzene ring substituents is 1. The van der Waals surface area contributed by atoms with Crippen molar-refractivity contribution in [2.45, 2.75) is 37.5 Å². The fourth-order valence-corrected chi connectivity index (χ4v) is 4.41. The van der Waals surface area contributed by atoms with Gasteiger partial charge >= 0.3 is 0 Å². The maximum atomic E-state index is 12.8. The van der Waals surface area contributed by atoms with E-state index < -0.39 is 14.9 Å². The van der Waals surface area contributed by atoms with Crippen LogP contribution in [0.3, 0.4) is 0 Å². The van der Waals surface area contributed by atoms with Gasteiger partial charge in [-0.2, -0.15) is 0 Å². The second-order valence-electron chi connectivity index (χ2n) is 6.46. The molecule has 2 aromatic rings. The van der Waals surface area contributed by atoms with Gasteiger partial charge in [0.15, 0.2) is 0 Å². The third kappa shape index (κ3) is 3.48. The number of nitrogens with one attached hydrogen (secondary N) is 1. The molecule has 1 aliphatic rings. The van der Waals surface area contributed by atoms with Crippen LogP contribution in [0.2, 0.25) is 0 Å². The van der Waals surface area contributed by atoms with Gasteiger partial charge in [0.1, 0.15) is 0 Å². The van der Waals surface area contributed by atoms with Crippen LogP contribution < -0.4 is 4.72 Å². The highest BCUT2D eigenvalue weighted by Gasteiger charge is 2.23. The fraction of sp³-hybridized carbons (Fsp3) is 0.263. The van der Waals surface area contributed by atoms with Crippen LogP contribution in [0, 0.1) is 24.0 Å². The fourth-order valence-electron chi connectivity index (χ4n) is 3.26. The van der Waals surface area contributed by atoms with E-state index in [9.17, 15) is 18.5 Å². The van der Waals surface area contributed by atoms with Gasteiger partial charge in [-0.25, -0.2) is 8.42 Å². The van der Waals surface area contributed by atoms with Gasteiger partial charge in [-0.3, -0.25) is 14.8 Å². The third-order valence-electron chi connectivity index (χ3n) is 4.65. The smallest absolute Gasteiger partial charge is 0.269 e. The van der Waals surface area contributed by atoms with E-state index in [1.807, 2.05) is 26.0 Å². The number of sulfonamides is 1. The number of benzene rings is 2. The molecule has 7 heteroatoms. The quantitative estimate of drug-likeness (QED) is 0.477. The number of hydrogen-bond donors (Lipinski definition) is 1. The lowest BCUT2D eigenvalue weighted by Gasteiger charge is -2.21. The van der Waals surface area contributed by atoms with Crippen LogP contribution in [0.5, 0.6) is 0 Å². The molecule has 0 spiro atoms. The molecule has 6 nitrogen and oxygen atoms in total. The molecule has 0 radical (unpaired) electrons. The molecule has 0 aromatic heterocycles. The molecule has 3 rings (SSSR count). The zero-order valence-corrected chi connectivity index (χ0v) is 15.4. The molecule has 1 N–H and O–H groups in total. The first-order valence-corrected chi connectivity index (χ1v) is 9.82. The Kier molecular flexibility index (Phi) is 4.82. The zero-order valence-electron chi connectivity index (χ0n) is 14.6. The Hall–Kier alpha value is -2.67. The van der Waals surface area contributed by atoms with E-state index in [-0.39, 0.29) is 16.5 Å². The predicted octanol–water partition coefficient (Wildman–Crippen LogP) is 4.45. The monoisotopic (exact) mass is 372 g/mol.